The molecule has 0 spiro atoms. The molecule has 1 aliphatic heterocycles. The lowest BCUT2D eigenvalue weighted by molar-refractivity contribution is -0.387. The molecular formula is C9H7N2O+. The molecule has 1 heterocycles. The van der Waals surface area contributed by atoms with Gasteiger partial charge in [-0.05, 0) is 29.3 Å². The molecule has 3 heteroatoms. The van der Waals surface area contributed by atoms with Crippen LogP contribution in [0.25, 0.3) is 0 Å². The van der Waals surface area contributed by atoms with Gasteiger partial charge in [-0.2, -0.15) is 0 Å². The van der Waals surface area contributed by atoms with Crippen LogP contribution in [-0.4, -0.2) is 18.2 Å². The summed E-state index contributed by atoms with van der Waals surface area (Å²) in [5.74, 6) is 0.806. The molecule has 0 unspecified atom stereocenters. The van der Waals surface area contributed by atoms with E-state index in [9.17, 15) is 4.79 Å². The second-order valence-electron chi connectivity index (χ2n) is 2.46. The van der Waals surface area contributed by atoms with Crippen LogP contribution in [0.4, 0.5) is 0 Å². The maximum Gasteiger partial charge on any atom is 0.328 e. The number of carbonyl (C=O) groups excluding carboxylic acids is 1. The summed E-state index contributed by atoms with van der Waals surface area (Å²) < 4.78 is 0. The predicted molar refractivity (Wildman–Crippen MR) is 45.8 cm³/mol. The van der Waals surface area contributed by atoms with Gasteiger partial charge < -0.3 is 0 Å². The number of hydrogen-bond donors (Lipinski definition) is 1. The van der Waals surface area contributed by atoms with Crippen LogP contribution in [0.3, 0.4) is 0 Å². The molecule has 0 saturated heterocycles. The Hall–Kier alpha value is -1.77. The molecule has 0 saturated carbocycles. The van der Waals surface area contributed by atoms with Gasteiger partial charge in [-0.15, -0.1) is 0 Å². The van der Waals surface area contributed by atoms with E-state index in [0.29, 0.717) is 0 Å². The molecule has 1 N–H and O–H groups in total. The minimum atomic E-state index is 0.0188. The zero-order valence-corrected chi connectivity index (χ0v) is 6.32. The number of carbonyl (C=O) groups is 1. The van der Waals surface area contributed by atoms with Crippen molar-refractivity contribution in [1.29, 1.82) is 0 Å². The first kappa shape index (κ1) is 6.91. The highest BCUT2D eigenvalue weighted by atomic mass is 16.1. The first-order valence-electron chi connectivity index (χ1n) is 3.63. The minimum absolute atomic E-state index is 0.0188. The molecule has 2 rings (SSSR count). The van der Waals surface area contributed by atoms with Crippen molar-refractivity contribution in [3.05, 3.63) is 35.7 Å². The number of nitrogens with one attached hydrogen (secondary N) is 1. The Morgan fingerprint density at radius 3 is 2.50 bits per heavy atom. The Bertz CT molecular complexity index is 338. The standard InChI is InChI=1S/C9H6N2O/c12-8-3-1-7(2-4-8)9-10-5-6-11-9/h1-6H/p+1. The Morgan fingerprint density at radius 2 is 1.92 bits per heavy atom. The fraction of sp³-hybridized carbons (Fsp3) is 0. The largest absolute Gasteiger partial charge is 0.328 e. The van der Waals surface area contributed by atoms with Crippen LogP contribution >= 0.6 is 0 Å². The minimum Gasteiger partial charge on any atom is -0.290 e. The quantitative estimate of drug-likeness (QED) is 0.490. The number of hydrogen-bond acceptors (Lipinski definition) is 2. The number of aliphatic imine (C=N–C) groups is 1. The van der Waals surface area contributed by atoms with Crippen molar-refractivity contribution < 1.29 is 9.79 Å². The average molecular weight is 159 g/mol. The predicted octanol–water partition coefficient (Wildman–Crippen LogP) is -0.871. The fourth-order valence-electron chi connectivity index (χ4n) is 1.04. The van der Waals surface area contributed by atoms with Gasteiger partial charge in [0.05, 0.1) is 5.57 Å². The van der Waals surface area contributed by atoms with Crippen LogP contribution in [0, 0.1) is 0 Å². The van der Waals surface area contributed by atoms with Crippen LogP contribution in [0.15, 0.2) is 40.7 Å². The third kappa shape index (κ3) is 1.16. The van der Waals surface area contributed by atoms with Crippen LogP contribution < -0.4 is 4.99 Å². The Kier molecular flexibility index (Phi) is 1.55. The maximum absolute atomic E-state index is 10.8. The van der Waals surface area contributed by atoms with E-state index < -0.39 is 0 Å². The molecule has 0 aromatic carbocycles. The number of rotatable bonds is 0. The highest BCUT2D eigenvalue weighted by Crippen LogP contribution is 2.08. The van der Waals surface area contributed by atoms with Gasteiger partial charge in [-0.3, -0.25) is 4.79 Å². The highest BCUT2D eigenvalue weighted by Gasteiger charge is 2.11. The molecule has 0 amide bonds. The fourth-order valence-corrected chi connectivity index (χ4v) is 1.04. The van der Waals surface area contributed by atoms with Gasteiger partial charge in [0.2, 0.25) is 0 Å². The molecule has 0 radical (unpaired) electrons. The molecule has 0 aromatic heterocycles. The van der Waals surface area contributed by atoms with Gasteiger partial charge in [0.1, 0.15) is 6.21 Å². The lowest BCUT2D eigenvalue weighted by Gasteiger charge is -1.94. The summed E-state index contributed by atoms with van der Waals surface area (Å²) in [6.07, 6.45) is 9.99. The van der Waals surface area contributed by atoms with Gasteiger partial charge in [-0.25, -0.2) is 4.99 Å². The van der Waals surface area contributed by atoms with Gasteiger partial charge >= 0.3 is 5.82 Å². The van der Waals surface area contributed by atoms with E-state index in [-0.39, 0.29) is 5.78 Å². The summed E-state index contributed by atoms with van der Waals surface area (Å²) in [6.45, 7) is 0. The molecule has 3 nitrogen and oxygen atoms in total. The van der Waals surface area contributed by atoms with E-state index >= 15 is 0 Å². The summed E-state index contributed by atoms with van der Waals surface area (Å²) in [5, 5.41) is 0. The maximum atomic E-state index is 10.8. The van der Waals surface area contributed by atoms with E-state index in [1.165, 1.54) is 12.2 Å². The topological polar surface area (TPSA) is 43.4 Å². The summed E-state index contributed by atoms with van der Waals surface area (Å²) >= 11 is 0. The number of nitrogens with zero attached hydrogens (tertiary/aromatic N) is 1. The Balaban J connectivity index is 2.38. The second kappa shape index (κ2) is 2.70. The van der Waals surface area contributed by atoms with Crippen LogP contribution in [0.5, 0.6) is 0 Å². The van der Waals surface area contributed by atoms with Gasteiger partial charge in [0, 0.05) is 0 Å². The van der Waals surface area contributed by atoms with Crippen LogP contribution in [-0.2, 0) is 4.79 Å². The lowest BCUT2D eigenvalue weighted by Crippen LogP contribution is -2.64. The molecular weight excluding hydrogens is 152 g/mol. The average Bonchev–Trinajstić information content (AvgIpc) is 2.58. The van der Waals surface area contributed by atoms with Crippen molar-refractivity contribution >= 4 is 18.2 Å². The molecule has 2 aliphatic rings. The number of allylic oxidation sites excluding steroid dienone is 5. The Morgan fingerprint density at radius 1 is 1.17 bits per heavy atom. The van der Waals surface area contributed by atoms with Gasteiger partial charge in [0.15, 0.2) is 12.0 Å². The van der Waals surface area contributed by atoms with E-state index in [2.05, 4.69) is 9.98 Å². The second-order valence-corrected chi connectivity index (χ2v) is 2.46. The smallest absolute Gasteiger partial charge is 0.290 e. The van der Waals surface area contributed by atoms with Crippen molar-refractivity contribution in [3.63, 3.8) is 0 Å². The van der Waals surface area contributed by atoms with Crippen LogP contribution in [0.1, 0.15) is 0 Å². The van der Waals surface area contributed by atoms with E-state index in [0.717, 1.165) is 11.4 Å². The van der Waals surface area contributed by atoms with E-state index in [1.54, 1.807) is 24.6 Å². The first-order valence-corrected chi connectivity index (χ1v) is 3.63. The third-order valence-electron chi connectivity index (χ3n) is 1.63. The SMILES string of the molecule is O=C1C=CC(=C2N=CC=[NH+]2)C=C1. The molecule has 0 atom stereocenters. The van der Waals surface area contributed by atoms with Gasteiger partial charge in [-0.1, -0.05) is 0 Å². The van der Waals surface area contributed by atoms with Crippen molar-refractivity contribution in [1.82, 2.24) is 0 Å². The summed E-state index contributed by atoms with van der Waals surface area (Å²) in [5.41, 5.74) is 0.930. The van der Waals surface area contributed by atoms with Crippen molar-refractivity contribution in [3.8, 4) is 0 Å². The normalized spacial score (nSPS) is 19.8. The van der Waals surface area contributed by atoms with Crippen molar-refractivity contribution in [2.24, 2.45) is 4.99 Å². The monoisotopic (exact) mass is 159 g/mol. The van der Waals surface area contributed by atoms with E-state index in [4.69, 9.17) is 0 Å². The number of ketones is 1. The van der Waals surface area contributed by atoms with Gasteiger partial charge in [0.25, 0.3) is 0 Å². The third-order valence-corrected chi connectivity index (χ3v) is 1.63. The lowest BCUT2D eigenvalue weighted by atomic mass is 10.1. The summed E-state index contributed by atoms with van der Waals surface area (Å²) in [6, 6.07) is 0. The molecule has 58 valence electrons. The summed E-state index contributed by atoms with van der Waals surface area (Å²) in [7, 11) is 0. The van der Waals surface area contributed by atoms with Crippen molar-refractivity contribution in [2.75, 3.05) is 0 Å². The highest BCUT2D eigenvalue weighted by molar-refractivity contribution is 6.14. The summed E-state index contributed by atoms with van der Waals surface area (Å²) in [4.78, 5) is 17.8. The van der Waals surface area contributed by atoms with Crippen LogP contribution in [0.2, 0.25) is 0 Å². The molecule has 0 fully saturated rings. The zero-order valence-electron chi connectivity index (χ0n) is 6.32. The Labute approximate surface area is 69.5 Å². The molecule has 12 heavy (non-hydrogen) atoms. The zero-order chi connectivity index (χ0) is 8.39. The molecule has 0 bridgehead atoms. The van der Waals surface area contributed by atoms with Crippen molar-refractivity contribution in [2.45, 2.75) is 0 Å². The first-order chi connectivity index (χ1) is 5.86. The molecule has 0 aromatic rings. The van der Waals surface area contributed by atoms with E-state index in [1.807, 2.05) is 0 Å². The molecule has 1 aliphatic carbocycles.